The number of hydrogen-bond acceptors (Lipinski definition) is 3. The lowest BCUT2D eigenvalue weighted by molar-refractivity contribution is -0.133. The minimum absolute atomic E-state index is 0. The van der Waals surface area contributed by atoms with Crippen molar-refractivity contribution in [3.63, 3.8) is 0 Å². The van der Waals surface area contributed by atoms with Crippen molar-refractivity contribution in [3.8, 4) is 0 Å². The monoisotopic (exact) mass is 345 g/mol. The van der Waals surface area contributed by atoms with E-state index >= 15 is 0 Å². The fourth-order valence-corrected chi connectivity index (χ4v) is 3.48. The maximum absolute atomic E-state index is 12.4. The number of carbonyl (C=O) groups is 2. The van der Waals surface area contributed by atoms with Gasteiger partial charge in [-0.15, -0.1) is 12.4 Å². The second-order valence-corrected chi connectivity index (χ2v) is 6.80. The zero-order chi connectivity index (χ0) is 15.8. The maximum atomic E-state index is 12.4. The smallest absolute Gasteiger partial charge is 0.222 e. The molecule has 2 rings (SSSR count). The molecule has 2 aliphatic heterocycles. The highest BCUT2D eigenvalue weighted by molar-refractivity contribution is 5.85. The Labute approximate surface area is 146 Å². The third-order valence-corrected chi connectivity index (χ3v) is 4.87. The molecule has 2 fully saturated rings. The molecule has 0 aromatic rings. The number of halogens is 1. The van der Waals surface area contributed by atoms with Crippen LogP contribution in [-0.4, -0.2) is 49.4 Å². The molecule has 2 heterocycles. The van der Waals surface area contributed by atoms with E-state index in [1.807, 2.05) is 11.8 Å². The van der Waals surface area contributed by atoms with E-state index in [1.165, 1.54) is 6.42 Å². The number of nitrogens with zero attached hydrogens (tertiary/aromatic N) is 1. The molecular weight excluding hydrogens is 314 g/mol. The van der Waals surface area contributed by atoms with Crippen molar-refractivity contribution < 1.29 is 9.59 Å². The van der Waals surface area contributed by atoms with E-state index in [2.05, 4.69) is 10.6 Å². The van der Waals surface area contributed by atoms with E-state index in [9.17, 15) is 9.59 Å². The van der Waals surface area contributed by atoms with Gasteiger partial charge in [-0.05, 0) is 57.0 Å². The lowest BCUT2D eigenvalue weighted by Gasteiger charge is -2.33. The third kappa shape index (κ3) is 7.08. The predicted octanol–water partition coefficient (Wildman–Crippen LogP) is 1.95. The highest BCUT2D eigenvalue weighted by atomic mass is 35.5. The van der Waals surface area contributed by atoms with E-state index in [0.29, 0.717) is 30.6 Å². The molecule has 5 nitrogen and oxygen atoms in total. The quantitative estimate of drug-likeness (QED) is 0.741. The Kier molecular flexibility index (Phi) is 9.56. The molecule has 2 amide bonds. The van der Waals surface area contributed by atoms with Crippen LogP contribution < -0.4 is 10.6 Å². The normalized spacial score (nSPS) is 24.1. The summed E-state index contributed by atoms with van der Waals surface area (Å²) in [5, 5.41) is 6.36. The first-order chi connectivity index (χ1) is 10.7. The van der Waals surface area contributed by atoms with Crippen LogP contribution in [0.4, 0.5) is 0 Å². The van der Waals surface area contributed by atoms with Crippen LogP contribution in [0, 0.1) is 11.8 Å². The van der Waals surface area contributed by atoms with Gasteiger partial charge >= 0.3 is 0 Å². The zero-order valence-corrected chi connectivity index (χ0v) is 15.1. The lowest BCUT2D eigenvalue weighted by Crippen LogP contribution is -2.43. The molecule has 0 aromatic carbocycles. The van der Waals surface area contributed by atoms with E-state index < -0.39 is 0 Å². The van der Waals surface area contributed by atoms with Crippen molar-refractivity contribution in [1.82, 2.24) is 15.5 Å². The van der Waals surface area contributed by atoms with Crippen molar-refractivity contribution in [3.05, 3.63) is 0 Å². The van der Waals surface area contributed by atoms with Gasteiger partial charge in [-0.1, -0.05) is 6.92 Å². The summed E-state index contributed by atoms with van der Waals surface area (Å²) in [6.07, 6.45) is 6.57. The highest BCUT2D eigenvalue weighted by Crippen LogP contribution is 2.19. The number of piperidine rings is 1. The van der Waals surface area contributed by atoms with Crippen LogP contribution >= 0.6 is 12.4 Å². The van der Waals surface area contributed by atoms with Gasteiger partial charge in [0.1, 0.15) is 0 Å². The summed E-state index contributed by atoms with van der Waals surface area (Å²) in [5.74, 6) is 1.54. The fourth-order valence-electron chi connectivity index (χ4n) is 3.48. The van der Waals surface area contributed by atoms with Gasteiger partial charge in [0.25, 0.3) is 0 Å². The molecule has 2 atom stereocenters. The van der Waals surface area contributed by atoms with Gasteiger partial charge in [0, 0.05) is 32.5 Å². The van der Waals surface area contributed by atoms with Crippen molar-refractivity contribution in [2.75, 3.05) is 32.7 Å². The molecule has 0 radical (unpaired) electrons. The largest absolute Gasteiger partial charge is 0.356 e. The second-order valence-electron chi connectivity index (χ2n) is 6.80. The molecule has 0 aliphatic carbocycles. The lowest BCUT2D eigenvalue weighted by atomic mass is 9.96. The number of rotatable bonds is 7. The zero-order valence-electron chi connectivity index (χ0n) is 14.3. The third-order valence-electron chi connectivity index (χ3n) is 4.87. The van der Waals surface area contributed by atoms with E-state index in [1.54, 1.807) is 0 Å². The highest BCUT2D eigenvalue weighted by Gasteiger charge is 2.24. The maximum Gasteiger partial charge on any atom is 0.222 e. The molecule has 0 bridgehead atoms. The summed E-state index contributed by atoms with van der Waals surface area (Å²) in [6.45, 7) is 6.60. The van der Waals surface area contributed by atoms with E-state index in [0.717, 1.165) is 58.4 Å². The molecule has 6 heteroatoms. The van der Waals surface area contributed by atoms with Gasteiger partial charge in [0.15, 0.2) is 0 Å². The van der Waals surface area contributed by atoms with Gasteiger partial charge in [-0.25, -0.2) is 0 Å². The van der Waals surface area contributed by atoms with Crippen LogP contribution in [0.5, 0.6) is 0 Å². The number of nitrogens with one attached hydrogen (secondary N) is 2. The van der Waals surface area contributed by atoms with Crippen molar-refractivity contribution >= 4 is 24.2 Å². The molecule has 2 aliphatic rings. The van der Waals surface area contributed by atoms with Gasteiger partial charge in [-0.2, -0.15) is 0 Å². The summed E-state index contributed by atoms with van der Waals surface area (Å²) < 4.78 is 0. The number of likely N-dealkylation sites (tertiary alicyclic amines) is 1. The van der Waals surface area contributed by atoms with Crippen LogP contribution in [0.25, 0.3) is 0 Å². The summed E-state index contributed by atoms with van der Waals surface area (Å²) in [7, 11) is 0. The van der Waals surface area contributed by atoms with Gasteiger partial charge in [0.2, 0.25) is 11.8 Å². The first-order valence-corrected chi connectivity index (χ1v) is 8.94. The Hall–Kier alpha value is -0.810. The van der Waals surface area contributed by atoms with Crippen LogP contribution in [0.2, 0.25) is 0 Å². The van der Waals surface area contributed by atoms with E-state index in [-0.39, 0.29) is 18.3 Å². The van der Waals surface area contributed by atoms with Gasteiger partial charge < -0.3 is 15.5 Å². The molecular formula is C17H32ClN3O2. The SMILES string of the molecule is CCCC(=O)NCC1CCCN(C(=O)CCC2CCNC2)C1.Cl. The minimum atomic E-state index is 0. The molecule has 2 N–H and O–H groups in total. The summed E-state index contributed by atoms with van der Waals surface area (Å²) in [4.78, 5) is 25.9. The predicted molar refractivity (Wildman–Crippen MR) is 94.7 cm³/mol. The Balaban J connectivity index is 0.00000264. The Bertz CT molecular complexity index is 373. The number of hydrogen-bond donors (Lipinski definition) is 2. The van der Waals surface area contributed by atoms with E-state index in [4.69, 9.17) is 0 Å². The van der Waals surface area contributed by atoms with Crippen molar-refractivity contribution in [2.45, 2.75) is 51.9 Å². The number of carbonyl (C=O) groups excluding carboxylic acids is 2. The van der Waals surface area contributed by atoms with Crippen LogP contribution in [-0.2, 0) is 9.59 Å². The first-order valence-electron chi connectivity index (χ1n) is 8.94. The van der Waals surface area contributed by atoms with Crippen molar-refractivity contribution in [1.29, 1.82) is 0 Å². The average Bonchev–Trinajstić information content (AvgIpc) is 3.04. The summed E-state index contributed by atoms with van der Waals surface area (Å²) in [5.41, 5.74) is 0. The second kappa shape index (κ2) is 10.9. The Morgan fingerprint density at radius 1 is 1.22 bits per heavy atom. The Morgan fingerprint density at radius 2 is 2.04 bits per heavy atom. The topological polar surface area (TPSA) is 61.4 Å². The standard InChI is InChI=1S/C17H31N3O2.ClH/c1-2-4-16(21)19-12-15-5-3-10-20(13-15)17(22)7-6-14-8-9-18-11-14;/h14-15,18H,2-13H2,1H3,(H,19,21);1H. The van der Waals surface area contributed by atoms with Crippen molar-refractivity contribution in [2.24, 2.45) is 11.8 Å². The molecule has 0 aromatic heterocycles. The molecule has 0 spiro atoms. The fraction of sp³-hybridized carbons (Fsp3) is 0.882. The summed E-state index contributed by atoms with van der Waals surface area (Å²) >= 11 is 0. The molecule has 2 saturated heterocycles. The molecule has 2 unspecified atom stereocenters. The van der Waals surface area contributed by atoms with Crippen LogP contribution in [0.15, 0.2) is 0 Å². The number of amides is 2. The minimum Gasteiger partial charge on any atom is -0.356 e. The van der Waals surface area contributed by atoms with Gasteiger partial charge in [0.05, 0.1) is 0 Å². The average molecular weight is 346 g/mol. The van der Waals surface area contributed by atoms with Crippen LogP contribution in [0.3, 0.4) is 0 Å². The molecule has 0 saturated carbocycles. The molecule has 134 valence electrons. The van der Waals surface area contributed by atoms with Gasteiger partial charge in [-0.3, -0.25) is 9.59 Å². The first kappa shape index (κ1) is 20.2. The molecule has 23 heavy (non-hydrogen) atoms. The Morgan fingerprint density at radius 3 is 2.74 bits per heavy atom. The summed E-state index contributed by atoms with van der Waals surface area (Å²) in [6, 6.07) is 0. The van der Waals surface area contributed by atoms with Crippen LogP contribution in [0.1, 0.15) is 51.9 Å².